The van der Waals surface area contributed by atoms with Crippen LogP contribution < -0.4 is 10.6 Å². The van der Waals surface area contributed by atoms with E-state index in [2.05, 4.69) is 22.5 Å². The maximum absolute atomic E-state index is 13.1. The number of fused-ring (bicyclic) bond motifs is 2. The zero-order valence-electron chi connectivity index (χ0n) is 15.0. The summed E-state index contributed by atoms with van der Waals surface area (Å²) in [5, 5.41) is 5.28. The van der Waals surface area contributed by atoms with Gasteiger partial charge in [-0.2, -0.15) is 13.2 Å². The molecule has 1 aromatic rings. The standard InChI is InChI=1S/C19H26F3N3O/c1-2-10-25-14-6-5-7-15(25)12-13(11-14)23-18(26)24-17-9-4-3-8-16(17)19(20,21)22/h3-4,8-9,13-15H,2,5-7,10-12H2,1H3,(H2,23,24,26)/t13?,14-,15+. The van der Waals surface area contributed by atoms with Gasteiger partial charge in [-0.05, 0) is 50.8 Å². The molecule has 0 saturated carbocycles. The lowest BCUT2D eigenvalue weighted by atomic mass is 9.81. The summed E-state index contributed by atoms with van der Waals surface area (Å²) in [6.45, 7) is 3.25. The fourth-order valence-corrected chi connectivity index (χ4v) is 4.40. The van der Waals surface area contributed by atoms with Crippen molar-refractivity contribution >= 4 is 11.7 Å². The highest BCUT2D eigenvalue weighted by Gasteiger charge is 2.38. The molecule has 2 fully saturated rings. The van der Waals surface area contributed by atoms with Gasteiger partial charge in [0.15, 0.2) is 0 Å². The Hall–Kier alpha value is -1.76. The highest BCUT2D eigenvalue weighted by molar-refractivity contribution is 5.90. The van der Waals surface area contributed by atoms with E-state index in [1.54, 1.807) is 0 Å². The fourth-order valence-electron chi connectivity index (χ4n) is 4.40. The smallest absolute Gasteiger partial charge is 0.335 e. The number of nitrogens with one attached hydrogen (secondary N) is 2. The zero-order valence-corrected chi connectivity index (χ0v) is 15.0. The number of hydrogen-bond acceptors (Lipinski definition) is 2. The third-order valence-corrected chi connectivity index (χ3v) is 5.42. The van der Waals surface area contributed by atoms with Crippen LogP contribution in [0.5, 0.6) is 0 Å². The van der Waals surface area contributed by atoms with Crippen molar-refractivity contribution in [3.05, 3.63) is 29.8 Å². The fraction of sp³-hybridized carbons (Fsp3) is 0.632. The average molecular weight is 369 g/mol. The number of urea groups is 1. The first-order chi connectivity index (χ1) is 12.4. The number of benzene rings is 1. The van der Waals surface area contributed by atoms with Crippen LogP contribution in [0.4, 0.5) is 23.7 Å². The summed E-state index contributed by atoms with van der Waals surface area (Å²) in [6.07, 6.45) is 1.83. The molecule has 2 saturated heterocycles. The Balaban J connectivity index is 1.62. The molecule has 0 aromatic heterocycles. The minimum absolute atomic E-state index is 0.0106. The number of hydrogen-bond donors (Lipinski definition) is 2. The molecule has 0 radical (unpaired) electrons. The lowest BCUT2D eigenvalue weighted by Crippen LogP contribution is -2.57. The molecule has 7 heteroatoms. The van der Waals surface area contributed by atoms with E-state index >= 15 is 0 Å². The van der Waals surface area contributed by atoms with Crippen molar-refractivity contribution in [3.63, 3.8) is 0 Å². The molecule has 2 heterocycles. The molecule has 2 bridgehead atoms. The monoisotopic (exact) mass is 369 g/mol. The third kappa shape index (κ3) is 4.31. The number of anilines is 1. The summed E-state index contributed by atoms with van der Waals surface area (Å²) >= 11 is 0. The van der Waals surface area contributed by atoms with E-state index in [0.29, 0.717) is 12.1 Å². The van der Waals surface area contributed by atoms with Crippen molar-refractivity contribution in [2.45, 2.75) is 69.8 Å². The van der Waals surface area contributed by atoms with Crippen molar-refractivity contribution < 1.29 is 18.0 Å². The summed E-state index contributed by atoms with van der Waals surface area (Å²) in [5.74, 6) is 0. The molecule has 1 unspecified atom stereocenters. The molecule has 2 N–H and O–H groups in total. The number of carbonyl (C=O) groups is 1. The summed E-state index contributed by atoms with van der Waals surface area (Å²) in [7, 11) is 0. The highest BCUT2D eigenvalue weighted by atomic mass is 19.4. The van der Waals surface area contributed by atoms with Gasteiger partial charge in [-0.25, -0.2) is 4.79 Å². The quantitative estimate of drug-likeness (QED) is 0.813. The largest absolute Gasteiger partial charge is 0.418 e. The summed E-state index contributed by atoms with van der Waals surface area (Å²) in [4.78, 5) is 14.8. The van der Waals surface area contributed by atoms with Crippen LogP contribution in [0, 0.1) is 0 Å². The van der Waals surface area contributed by atoms with Gasteiger partial charge in [-0.15, -0.1) is 0 Å². The predicted molar refractivity (Wildman–Crippen MR) is 95.0 cm³/mol. The minimum Gasteiger partial charge on any atom is -0.335 e. The Morgan fingerprint density at radius 1 is 1.19 bits per heavy atom. The van der Waals surface area contributed by atoms with Crippen LogP contribution in [0.1, 0.15) is 51.0 Å². The second-order valence-electron chi connectivity index (χ2n) is 7.29. The molecule has 2 aliphatic rings. The lowest BCUT2D eigenvalue weighted by molar-refractivity contribution is -0.136. The molecule has 1 aromatic carbocycles. The maximum atomic E-state index is 13.1. The SMILES string of the molecule is CCCN1[C@@H]2CCC[C@H]1CC(NC(=O)Nc1ccccc1C(F)(F)F)C2. The summed E-state index contributed by atoms with van der Waals surface area (Å²) < 4.78 is 39.2. The molecule has 4 nitrogen and oxygen atoms in total. The molecule has 2 aliphatic heterocycles. The van der Waals surface area contributed by atoms with E-state index < -0.39 is 17.8 Å². The zero-order chi connectivity index (χ0) is 18.7. The van der Waals surface area contributed by atoms with Gasteiger partial charge in [0.05, 0.1) is 11.3 Å². The topological polar surface area (TPSA) is 44.4 Å². The highest BCUT2D eigenvalue weighted by Crippen LogP contribution is 2.35. The molecule has 3 rings (SSSR count). The number of halogens is 3. The molecular formula is C19H26F3N3O. The molecule has 3 atom stereocenters. The summed E-state index contributed by atoms with van der Waals surface area (Å²) in [5.41, 5.74) is -1.04. The van der Waals surface area contributed by atoms with Crippen LogP contribution in [0.2, 0.25) is 0 Å². The van der Waals surface area contributed by atoms with Crippen molar-refractivity contribution in [3.8, 4) is 0 Å². The van der Waals surface area contributed by atoms with Crippen LogP contribution in [-0.2, 0) is 6.18 Å². The second-order valence-corrected chi connectivity index (χ2v) is 7.29. The number of rotatable bonds is 4. The normalized spacial score (nSPS) is 26.4. The first-order valence-corrected chi connectivity index (χ1v) is 9.38. The first-order valence-electron chi connectivity index (χ1n) is 9.38. The van der Waals surface area contributed by atoms with Gasteiger partial charge in [-0.3, -0.25) is 4.90 Å². The minimum atomic E-state index is -4.49. The third-order valence-electron chi connectivity index (χ3n) is 5.42. The van der Waals surface area contributed by atoms with Crippen molar-refractivity contribution in [2.75, 3.05) is 11.9 Å². The van der Waals surface area contributed by atoms with Gasteiger partial charge in [0, 0.05) is 18.1 Å². The molecule has 26 heavy (non-hydrogen) atoms. The van der Waals surface area contributed by atoms with Crippen molar-refractivity contribution in [1.29, 1.82) is 0 Å². The molecule has 2 amide bonds. The number of carbonyl (C=O) groups excluding carboxylic acids is 1. The van der Waals surface area contributed by atoms with Crippen molar-refractivity contribution in [1.82, 2.24) is 10.2 Å². The Labute approximate surface area is 152 Å². The molecule has 0 spiro atoms. The second kappa shape index (κ2) is 7.86. The van der Waals surface area contributed by atoms with Gasteiger partial charge in [0.25, 0.3) is 0 Å². The van der Waals surface area contributed by atoms with Crippen LogP contribution >= 0.6 is 0 Å². The molecular weight excluding hydrogens is 343 g/mol. The first kappa shape index (κ1) is 19.0. The van der Waals surface area contributed by atoms with E-state index in [-0.39, 0.29) is 11.7 Å². The number of alkyl halides is 3. The Morgan fingerprint density at radius 3 is 2.46 bits per heavy atom. The van der Waals surface area contributed by atoms with E-state index in [9.17, 15) is 18.0 Å². The number of nitrogens with zero attached hydrogens (tertiary/aromatic N) is 1. The van der Waals surface area contributed by atoms with E-state index in [4.69, 9.17) is 0 Å². The van der Waals surface area contributed by atoms with E-state index in [0.717, 1.165) is 44.7 Å². The van der Waals surface area contributed by atoms with Gasteiger partial charge in [-0.1, -0.05) is 25.5 Å². The van der Waals surface area contributed by atoms with Gasteiger partial charge in [0.1, 0.15) is 0 Å². The van der Waals surface area contributed by atoms with Gasteiger partial charge < -0.3 is 10.6 Å². The molecule has 144 valence electrons. The van der Waals surface area contributed by atoms with Crippen LogP contribution in [0.25, 0.3) is 0 Å². The van der Waals surface area contributed by atoms with Crippen molar-refractivity contribution in [2.24, 2.45) is 0 Å². The van der Waals surface area contributed by atoms with Gasteiger partial charge in [0.2, 0.25) is 0 Å². The van der Waals surface area contributed by atoms with E-state index in [1.807, 2.05) is 0 Å². The Bertz CT molecular complexity index is 621. The Kier molecular flexibility index (Phi) is 5.75. The van der Waals surface area contributed by atoms with Gasteiger partial charge >= 0.3 is 12.2 Å². The Morgan fingerprint density at radius 2 is 1.85 bits per heavy atom. The van der Waals surface area contributed by atoms with Crippen LogP contribution in [0.3, 0.4) is 0 Å². The maximum Gasteiger partial charge on any atom is 0.418 e. The van der Waals surface area contributed by atoms with Crippen LogP contribution in [-0.4, -0.2) is 35.6 Å². The predicted octanol–water partition coefficient (Wildman–Crippen LogP) is 4.62. The number of amides is 2. The molecule has 0 aliphatic carbocycles. The number of para-hydroxylation sites is 1. The average Bonchev–Trinajstić information content (AvgIpc) is 2.55. The number of piperidine rings is 2. The van der Waals surface area contributed by atoms with Crippen LogP contribution in [0.15, 0.2) is 24.3 Å². The summed E-state index contributed by atoms with van der Waals surface area (Å²) in [6, 6.07) is 5.44. The van der Waals surface area contributed by atoms with E-state index in [1.165, 1.54) is 24.6 Å². The lowest BCUT2D eigenvalue weighted by Gasteiger charge is -2.49.